The molecule has 2 amide bonds. The lowest BCUT2D eigenvalue weighted by Crippen LogP contribution is -2.29. The molecule has 0 aliphatic heterocycles. The smallest absolute Gasteiger partial charge is 0.253 e. The van der Waals surface area contributed by atoms with Gasteiger partial charge in [0.05, 0.1) is 22.5 Å². The SMILES string of the molecule is Cc1c(C(=O)C(C#N)C(=O)Nc2ccc(C(=O)N(C)C)cc2)nnn1-c1ccccc1Cl. The molecule has 1 heterocycles. The highest BCUT2D eigenvalue weighted by Gasteiger charge is 2.32. The lowest BCUT2D eigenvalue weighted by molar-refractivity contribution is -0.117. The van der Waals surface area contributed by atoms with Gasteiger partial charge in [-0.25, -0.2) is 4.68 Å². The molecule has 10 heteroatoms. The van der Waals surface area contributed by atoms with Crippen molar-refractivity contribution in [1.82, 2.24) is 19.9 Å². The fourth-order valence-electron chi connectivity index (χ4n) is 2.95. The van der Waals surface area contributed by atoms with Crippen LogP contribution in [0.5, 0.6) is 0 Å². The molecular weight excluding hydrogens is 432 g/mol. The highest BCUT2D eigenvalue weighted by Crippen LogP contribution is 2.22. The Bertz CT molecular complexity index is 1230. The van der Waals surface area contributed by atoms with Crippen LogP contribution in [0, 0.1) is 24.2 Å². The van der Waals surface area contributed by atoms with E-state index in [-0.39, 0.29) is 11.6 Å². The van der Waals surface area contributed by atoms with Crippen LogP contribution >= 0.6 is 11.6 Å². The monoisotopic (exact) mass is 450 g/mol. The van der Waals surface area contributed by atoms with Gasteiger partial charge in [-0.05, 0) is 43.3 Å². The van der Waals surface area contributed by atoms with Gasteiger partial charge >= 0.3 is 0 Å². The topological polar surface area (TPSA) is 121 Å². The van der Waals surface area contributed by atoms with E-state index in [1.54, 1.807) is 63.5 Å². The second kappa shape index (κ2) is 9.41. The van der Waals surface area contributed by atoms with Crippen LogP contribution in [0.3, 0.4) is 0 Å². The summed E-state index contributed by atoms with van der Waals surface area (Å²) in [5.41, 5.74) is 1.55. The normalized spacial score (nSPS) is 11.3. The van der Waals surface area contributed by atoms with Crippen LogP contribution in [0.25, 0.3) is 5.69 Å². The third kappa shape index (κ3) is 4.50. The summed E-state index contributed by atoms with van der Waals surface area (Å²) in [4.78, 5) is 38.9. The van der Waals surface area contributed by atoms with Crippen molar-refractivity contribution in [3.05, 3.63) is 70.5 Å². The van der Waals surface area contributed by atoms with E-state index < -0.39 is 17.6 Å². The van der Waals surface area contributed by atoms with Crippen molar-refractivity contribution in [2.45, 2.75) is 6.92 Å². The van der Waals surface area contributed by atoms with E-state index in [1.807, 2.05) is 0 Å². The Morgan fingerprint density at radius 2 is 1.78 bits per heavy atom. The molecule has 0 saturated carbocycles. The number of Topliss-reactive ketones (excluding diaryl/α,β-unsaturated/α-hetero) is 1. The summed E-state index contributed by atoms with van der Waals surface area (Å²) < 4.78 is 1.38. The molecule has 3 aromatic rings. The molecule has 1 aromatic heterocycles. The number of hydrogen-bond acceptors (Lipinski definition) is 6. The Kier molecular flexibility index (Phi) is 6.66. The standard InChI is InChI=1S/C22H19ClN6O3/c1-13-19(26-27-29(13)18-7-5-4-6-17(18)23)20(30)16(12-24)21(31)25-15-10-8-14(9-11-15)22(32)28(2)3/h4-11,16H,1-3H3,(H,25,31). The first-order valence-corrected chi connectivity index (χ1v) is 9.86. The van der Waals surface area contributed by atoms with Gasteiger partial charge in [-0.15, -0.1) is 5.10 Å². The summed E-state index contributed by atoms with van der Waals surface area (Å²) in [5, 5.41) is 20.2. The van der Waals surface area contributed by atoms with E-state index in [2.05, 4.69) is 15.6 Å². The van der Waals surface area contributed by atoms with E-state index >= 15 is 0 Å². The molecule has 32 heavy (non-hydrogen) atoms. The van der Waals surface area contributed by atoms with Gasteiger partial charge in [0, 0.05) is 25.3 Å². The van der Waals surface area contributed by atoms with Crippen molar-refractivity contribution >= 4 is 34.9 Å². The molecular formula is C22H19ClN6O3. The molecule has 0 aliphatic carbocycles. The number of anilines is 1. The number of amides is 2. The average molecular weight is 451 g/mol. The average Bonchev–Trinajstić information content (AvgIpc) is 3.15. The molecule has 9 nitrogen and oxygen atoms in total. The van der Waals surface area contributed by atoms with Gasteiger partial charge in [-0.2, -0.15) is 5.26 Å². The Balaban J connectivity index is 1.79. The molecule has 3 rings (SSSR count). The van der Waals surface area contributed by atoms with Crippen LogP contribution in [-0.4, -0.2) is 51.6 Å². The van der Waals surface area contributed by atoms with Crippen molar-refractivity contribution in [2.24, 2.45) is 5.92 Å². The van der Waals surface area contributed by atoms with Crippen molar-refractivity contribution in [3.8, 4) is 11.8 Å². The van der Waals surface area contributed by atoms with Gasteiger partial charge in [0.15, 0.2) is 11.6 Å². The number of para-hydroxylation sites is 1. The van der Waals surface area contributed by atoms with Crippen molar-refractivity contribution < 1.29 is 14.4 Å². The molecule has 1 unspecified atom stereocenters. The fraction of sp³-hybridized carbons (Fsp3) is 0.182. The first-order chi connectivity index (χ1) is 15.2. The Morgan fingerprint density at radius 1 is 1.12 bits per heavy atom. The van der Waals surface area contributed by atoms with E-state index in [9.17, 15) is 19.6 Å². The summed E-state index contributed by atoms with van der Waals surface area (Å²) >= 11 is 6.18. The number of carbonyl (C=O) groups is 3. The maximum absolute atomic E-state index is 12.9. The van der Waals surface area contributed by atoms with Gasteiger partial charge in [-0.3, -0.25) is 14.4 Å². The first kappa shape index (κ1) is 22.7. The van der Waals surface area contributed by atoms with E-state index in [4.69, 9.17) is 11.6 Å². The molecule has 0 spiro atoms. The number of benzene rings is 2. The minimum absolute atomic E-state index is 0.0986. The minimum Gasteiger partial charge on any atom is -0.345 e. The lowest BCUT2D eigenvalue weighted by Gasteiger charge is -2.12. The van der Waals surface area contributed by atoms with Gasteiger partial charge in [0.1, 0.15) is 0 Å². The number of halogens is 1. The molecule has 0 bridgehead atoms. The third-order valence-corrected chi connectivity index (χ3v) is 4.99. The van der Waals surface area contributed by atoms with Crippen LogP contribution in [0.4, 0.5) is 5.69 Å². The van der Waals surface area contributed by atoms with Gasteiger partial charge in [0.2, 0.25) is 11.7 Å². The van der Waals surface area contributed by atoms with Crippen molar-refractivity contribution in [3.63, 3.8) is 0 Å². The number of nitrogens with zero attached hydrogens (tertiary/aromatic N) is 5. The third-order valence-electron chi connectivity index (χ3n) is 4.67. The maximum Gasteiger partial charge on any atom is 0.253 e. The van der Waals surface area contributed by atoms with Crippen LogP contribution in [0.2, 0.25) is 5.02 Å². The maximum atomic E-state index is 12.9. The molecule has 1 N–H and O–H groups in total. The van der Waals surface area contributed by atoms with Crippen LogP contribution in [-0.2, 0) is 4.79 Å². The number of ketones is 1. The summed E-state index contributed by atoms with van der Waals surface area (Å²) in [7, 11) is 3.26. The zero-order valence-electron chi connectivity index (χ0n) is 17.5. The number of nitriles is 1. The van der Waals surface area contributed by atoms with Gasteiger partial charge < -0.3 is 10.2 Å². The second-order valence-electron chi connectivity index (χ2n) is 7.08. The Hall–Kier alpha value is -4.03. The fourth-order valence-corrected chi connectivity index (χ4v) is 3.17. The summed E-state index contributed by atoms with van der Waals surface area (Å²) in [6.45, 7) is 1.60. The van der Waals surface area contributed by atoms with E-state index in [0.29, 0.717) is 27.7 Å². The van der Waals surface area contributed by atoms with Crippen molar-refractivity contribution in [2.75, 3.05) is 19.4 Å². The van der Waals surface area contributed by atoms with Crippen LogP contribution in [0.15, 0.2) is 48.5 Å². The van der Waals surface area contributed by atoms with E-state index in [1.165, 1.54) is 21.7 Å². The van der Waals surface area contributed by atoms with Crippen LogP contribution < -0.4 is 5.32 Å². The van der Waals surface area contributed by atoms with Gasteiger partial charge in [0.25, 0.3) is 5.91 Å². The number of hydrogen-bond donors (Lipinski definition) is 1. The summed E-state index contributed by atoms with van der Waals surface area (Å²) in [5.74, 6) is -3.41. The molecule has 1 atom stereocenters. The number of aromatic nitrogens is 3. The Morgan fingerprint density at radius 3 is 2.38 bits per heavy atom. The molecule has 0 aliphatic rings. The van der Waals surface area contributed by atoms with Crippen molar-refractivity contribution in [1.29, 1.82) is 5.26 Å². The van der Waals surface area contributed by atoms with E-state index in [0.717, 1.165) is 0 Å². The predicted octanol–water partition coefficient (Wildman–Crippen LogP) is 2.89. The highest BCUT2D eigenvalue weighted by atomic mass is 35.5. The minimum atomic E-state index is -1.63. The highest BCUT2D eigenvalue weighted by molar-refractivity contribution is 6.32. The predicted molar refractivity (Wildman–Crippen MR) is 118 cm³/mol. The van der Waals surface area contributed by atoms with Gasteiger partial charge in [-0.1, -0.05) is 28.9 Å². The molecule has 162 valence electrons. The zero-order valence-corrected chi connectivity index (χ0v) is 18.3. The Labute approximate surface area is 189 Å². The lowest BCUT2D eigenvalue weighted by atomic mass is 10.0. The molecule has 2 aromatic carbocycles. The first-order valence-electron chi connectivity index (χ1n) is 9.48. The summed E-state index contributed by atoms with van der Waals surface area (Å²) in [6.07, 6.45) is 0. The largest absolute Gasteiger partial charge is 0.345 e. The summed E-state index contributed by atoms with van der Waals surface area (Å²) in [6, 6.07) is 14.7. The molecule has 0 saturated heterocycles. The van der Waals surface area contributed by atoms with Crippen LogP contribution in [0.1, 0.15) is 26.5 Å². The second-order valence-corrected chi connectivity index (χ2v) is 7.49. The number of carbonyl (C=O) groups excluding carboxylic acids is 3. The number of rotatable bonds is 6. The molecule has 0 fully saturated rings. The number of nitrogens with one attached hydrogen (secondary N) is 1. The quantitative estimate of drug-likeness (QED) is 0.455. The zero-order chi connectivity index (χ0) is 23.4. The molecule has 0 radical (unpaired) electrons.